The third-order valence-corrected chi connectivity index (χ3v) is 4.37. The number of carboxylic acids is 1. The predicted molar refractivity (Wildman–Crippen MR) is 77.2 cm³/mol. The lowest BCUT2D eigenvalue weighted by atomic mass is 10.2. The maximum absolute atomic E-state index is 11.1. The van der Waals surface area contributed by atoms with E-state index in [1.165, 1.54) is 18.4 Å². The van der Waals surface area contributed by atoms with Crippen LogP contribution in [0.1, 0.15) is 49.2 Å². The molecule has 1 aromatic heterocycles. The molecule has 5 nitrogen and oxygen atoms in total. The van der Waals surface area contributed by atoms with Gasteiger partial charge in [-0.3, -0.25) is 0 Å². The molecule has 0 spiro atoms. The zero-order valence-corrected chi connectivity index (χ0v) is 12.0. The largest absolute Gasteiger partial charge is 0.479 e. The number of carbonyl (C=O) groups is 1. The molecule has 1 aromatic carbocycles. The number of benzene rings is 1. The van der Waals surface area contributed by atoms with E-state index < -0.39 is 12.1 Å². The van der Waals surface area contributed by atoms with Gasteiger partial charge in [0.2, 0.25) is 0 Å². The van der Waals surface area contributed by atoms with Gasteiger partial charge in [-0.15, -0.1) is 0 Å². The molecule has 110 valence electrons. The van der Waals surface area contributed by atoms with Crippen molar-refractivity contribution in [2.24, 2.45) is 0 Å². The lowest BCUT2D eigenvalue weighted by Crippen LogP contribution is -2.19. The molecule has 2 aromatic rings. The Morgan fingerprint density at radius 3 is 2.81 bits per heavy atom. The number of nitrogens with zero attached hydrogens (tertiary/aromatic N) is 2. The molecule has 1 saturated heterocycles. The van der Waals surface area contributed by atoms with Gasteiger partial charge in [0, 0.05) is 6.04 Å². The van der Waals surface area contributed by atoms with Crippen LogP contribution in [-0.4, -0.2) is 26.7 Å². The Hall–Kier alpha value is -1.88. The van der Waals surface area contributed by atoms with Gasteiger partial charge in [-0.2, -0.15) is 0 Å². The van der Waals surface area contributed by atoms with Crippen molar-refractivity contribution in [1.29, 1.82) is 0 Å². The highest BCUT2D eigenvalue weighted by molar-refractivity contribution is 5.77. The second kappa shape index (κ2) is 4.56. The molecule has 0 amide bonds. The summed E-state index contributed by atoms with van der Waals surface area (Å²) in [6.07, 6.45) is 2.74. The first kappa shape index (κ1) is 12.8. The number of aromatic nitrogens is 2. The van der Waals surface area contributed by atoms with E-state index in [0.29, 0.717) is 12.5 Å². The molecule has 2 aliphatic rings. The van der Waals surface area contributed by atoms with Gasteiger partial charge in [0.05, 0.1) is 11.0 Å². The highest BCUT2D eigenvalue weighted by Crippen LogP contribution is 2.43. The van der Waals surface area contributed by atoms with Gasteiger partial charge in [-0.25, -0.2) is 9.78 Å². The topological polar surface area (TPSA) is 64.3 Å². The van der Waals surface area contributed by atoms with Crippen molar-refractivity contribution in [2.45, 2.75) is 50.9 Å². The van der Waals surface area contributed by atoms with Crippen LogP contribution in [0.15, 0.2) is 18.2 Å². The molecule has 1 saturated carbocycles. The molecule has 0 bridgehead atoms. The van der Waals surface area contributed by atoms with E-state index in [9.17, 15) is 4.79 Å². The van der Waals surface area contributed by atoms with Crippen molar-refractivity contribution >= 4 is 17.0 Å². The minimum absolute atomic E-state index is 0.195. The van der Waals surface area contributed by atoms with Gasteiger partial charge in [0.25, 0.3) is 0 Å². The van der Waals surface area contributed by atoms with Crippen molar-refractivity contribution in [3.63, 3.8) is 0 Å². The van der Waals surface area contributed by atoms with Crippen LogP contribution in [0, 0.1) is 6.92 Å². The van der Waals surface area contributed by atoms with Crippen molar-refractivity contribution < 1.29 is 14.6 Å². The molecule has 1 aliphatic heterocycles. The molecule has 2 atom stereocenters. The molecule has 1 aliphatic carbocycles. The summed E-state index contributed by atoms with van der Waals surface area (Å²) in [6.45, 7) is 2.06. The first-order valence-corrected chi connectivity index (χ1v) is 7.50. The van der Waals surface area contributed by atoms with Crippen LogP contribution in [0.5, 0.6) is 0 Å². The normalized spacial score (nSPS) is 25.6. The standard InChI is InChI=1S/C16H18N2O3/c1-9-2-5-12-11(8-9)17-15(18(12)10-3-4-10)13-6-7-14(21-13)16(19)20/h2,5,8,10,13-14H,3-4,6-7H2,1H3,(H,19,20). The quantitative estimate of drug-likeness (QED) is 0.942. The Balaban J connectivity index is 1.77. The molecule has 2 heterocycles. The fourth-order valence-electron chi connectivity index (χ4n) is 3.18. The highest BCUT2D eigenvalue weighted by atomic mass is 16.5. The Morgan fingerprint density at radius 1 is 1.33 bits per heavy atom. The number of rotatable bonds is 3. The van der Waals surface area contributed by atoms with E-state index in [-0.39, 0.29) is 6.10 Å². The molecular weight excluding hydrogens is 268 g/mol. The van der Waals surface area contributed by atoms with Crippen LogP contribution in [0.2, 0.25) is 0 Å². The first-order chi connectivity index (χ1) is 10.1. The average molecular weight is 286 g/mol. The van der Waals surface area contributed by atoms with Gasteiger partial charge in [-0.1, -0.05) is 6.07 Å². The molecule has 4 rings (SSSR count). The summed E-state index contributed by atoms with van der Waals surface area (Å²) in [7, 11) is 0. The summed E-state index contributed by atoms with van der Waals surface area (Å²) >= 11 is 0. The summed E-state index contributed by atoms with van der Waals surface area (Å²) in [5, 5.41) is 9.09. The Bertz CT molecular complexity index is 718. The van der Waals surface area contributed by atoms with Gasteiger partial charge >= 0.3 is 5.97 Å². The monoisotopic (exact) mass is 286 g/mol. The molecule has 5 heteroatoms. The van der Waals surface area contributed by atoms with Gasteiger partial charge in [0.1, 0.15) is 11.9 Å². The third-order valence-electron chi connectivity index (χ3n) is 4.37. The van der Waals surface area contributed by atoms with Crippen molar-refractivity contribution in [2.75, 3.05) is 0 Å². The SMILES string of the molecule is Cc1ccc2c(c1)nc(C1CCC(C(=O)O)O1)n2C1CC1. The Kier molecular flexibility index (Phi) is 2.79. The number of imidazole rings is 1. The number of hydrogen-bond acceptors (Lipinski definition) is 3. The van der Waals surface area contributed by atoms with Crippen LogP contribution < -0.4 is 0 Å². The number of aryl methyl sites for hydroxylation is 1. The zero-order valence-electron chi connectivity index (χ0n) is 12.0. The molecular formula is C16H18N2O3. The molecule has 0 radical (unpaired) electrons. The van der Waals surface area contributed by atoms with Gasteiger partial charge in [0.15, 0.2) is 6.10 Å². The van der Waals surface area contributed by atoms with E-state index >= 15 is 0 Å². The number of aliphatic carboxylic acids is 1. The lowest BCUT2D eigenvalue weighted by molar-refractivity contribution is -0.149. The summed E-state index contributed by atoms with van der Waals surface area (Å²) in [6, 6.07) is 6.80. The van der Waals surface area contributed by atoms with Crippen LogP contribution >= 0.6 is 0 Å². The Labute approximate surface area is 122 Å². The van der Waals surface area contributed by atoms with E-state index in [1.54, 1.807) is 0 Å². The smallest absolute Gasteiger partial charge is 0.332 e. The minimum atomic E-state index is -0.873. The van der Waals surface area contributed by atoms with E-state index in [0.717, 1.165) is 23.3 Å². The number of fused-ring (bicyclic) bond motifs is 1. The number of carboxylic acid groups (broad SMARTS) is 1. The molecule has 2 unspecified atom stereocenters. The fourth-order valence-corrected chi connectivity index (χ4v) is 3.18. The van der Waals surface area contributed by atoms with Crippen LogP contribution in [0.25, 0.3) is 11.0 Å². The Morgan fingerprint density at radius 2 is 2.14 bits per heavy atom. The maximum atomic E-state index is 11.1. The zero-order chi connectivity index (χ0) is 14.6. The summed E-state index contributed by atoms with van der Waals surface area (Å²) in [4.78, 5) is 15.8. The first-order valence-electron chi connectivity index (χ1n) is 7.50. The maximum Gasteiger partial charge on any atom is 0.332 e. The summed E-state index contributed by atoms with van der Waals surface area (Å²) < 4.78 is 7.97. The highest BCUT2D eigenvalue weighted by Gasteiger charge is 2.37. The van der Waals surface area contributed by atoms with Crippen molar-refractivity contribution in [3.05, 3.63) is 29.6 Å². The number of ether oxygens (including phenoxy) is 1. The second-order valence-electron chi connectivity index (χ2n) is 6.09. The fraction of sp³-hybridized carbons (Fsp3) is 0.500. The summed E-state index contributed by atoms with van der Waals surface area (Å²) in [5.74, 6) is 0.0317. The van der Waals surface area contributed by atoms with E-state index in [4.69, 9.17) is 14.8 Å². The van der Waals surface area contributed by atoms with Crippen LogP contribution in [-0.2, 0) is 9.53 Å². The molecule has 21 heavy (non-hydrogen) atoms. The predicted octanol–water partition coefficient (Wildman–Crippen LogP) is 2.98. The van der Waals surface area contributed by atoms with Crippen molar-refractivity contribution in [3.8, 4) is 0 Å². The van der Waals surface area contributed by atoms with Gasteiger partial charge in [-0.05, 0) is 50.3 Å². The third kappa shape index (κ3) is 2.12. The summed E-state index contributed by atoms with van der Waals surface area (Å²) in [5.41, 5.74) is 3.31. The second-order valence-corrected chi connectivity index (χ2v) is 6.09. The molecule has 2 fully saturated rings. The van der Waals surface area contributed by atoms with Gasteiger partial charge < -0.3 is 14.4 Å². The van der Waals surface area contributed by atoms with Crippen LogP contribution in [0.4, 0.5) is 0 Å². The molecule has 1 N–H and O–H groups in total. The van der Waals surface area contributed by atoms with E-state index in [2.05, 4.69) is 29.7 Å². The lowest BCUT2D eigenvalue weighted by Gasteiger charge is -2.13. The van der Waals surface area contributed by atoms with Crippen molar-refractivity contribution in [1.82, 2.24) is 9.55 Å². The van der Waals surface area contributed by atoms with E-state index in [1.807, 2.05) is 0 Å². The minimum Gasteiger partial charge on any atom is -0.479 e. The average Bonchev–Trinajstić information content (AvgIpc) is 3.02. The van der Waals surface area contributed by atoms with Crippen LogP contribution in [0.3, 0.4) is 0 Å². The number of hydrogen-bond donors (Lipinski definition) is 1.